The topological polar surface area (TPSA) is 42.0 Å². The van der Waals surface area contributed by atoms with Gasteiger partial charge in [0.15, 0.2) is 23.3 Å². The number of rotatable bonds is 3. The molecule has 0 bridgehead atoms. The smallest absolute Gasteiger partial charge is 0.270 e. The van der Waals surface area contributed by atoms with Crippen molar-refractivity contribution in [3.8, 4) is 0 Å². The summed E-state index contributed by atoms with van der Waals surface area (Å²) in [5.74, 6) is -11.0. The van der Waals surface area contributed by atoms with Gasteiger partial charge in [0.2, 0.25) is 5.82 Å². The maximum absolute atomic E-state index is 14.0. The van der Waals surface area contributed by atoms with E-state index >= 15 is 0 Å². The van der Waals surface area contributed by atoms with E-state index in [1.165, 1.54) is 12.3 Å². The minimum atomic E-state index is -2.17. The van der Waals surface area contributed by atoms with Crippen molar-refractivity contribution in [2.45, 2.75) is 37.6 Å². The van der Waals surface area contributed by atoms with Gasteiger partial charge in [-0.05, 0) is 37.3 Å². The Morgan fingerprint density at radius 1 is 0.962 bits per heavy atom. The van der Waals surface area contributed by atoms with E-state index in [0.717, 1.165) is 0 Å². The zero-order chi connectivity index (χ0) is 18.8. The first-order chi connectivity index (χ1) is 12.4. The van der Waals surface area contributed by atoms with Gasteiger partial charge in [0.05, 0.1) is 0 Å². The lowest BCUT2D eigenvalue weighted by atomic mass is 9.80. The average molecular weight is 370 g/mol. The third-order valence-electron chi connectivity index (χ3n) is 4.56. The summed E-state index contributed by atoms with van der Waals surface area (Å²) in [5, 5.41) is 2.71. The van der Waals surface area contributed by atoms with Gasteiger partial charge in [-0.2, -0.15) is 0 Å². The lowest BCUT2D eigenvalue weighted by Gasteiger charge is -2.30. The Hall–Kier alpha value is -2.51. The highest BCUT2D eigenvalue weighted by Gasteiger charge is 2.33. The van der Waals surface area contributed by atoms with Crippen LogP contribution in [0.3, 0.4) is 0 Å². The highest BCUT2D eigenvalue weighted by atomic mass is 19.2. The predicted octanol–water partition coefficient (Wildman–Crippen LogP) is 4.23. The molecule has 0 aliphatic heterocycles. The molecule has 0 saturated heterocycles. The van der Waals surface area contributed by atoms with E-state index in [4.69, 9.17) is 0 Å². The van der Waals surface area contributed by atoms with E-state index in [-0.39, 0.29) is 18.5 Å². The second-order valence-electron chi connectivity index (χ2n) is 6.23. The van der Waals surface area contributed by atoms with Gasteiger partial charge in [0.1, 0.15) is 5.69 Å². The molecule has 1 saturated carbocycles. The zero-order valence-electron chi connectivity index (χ0n) is 13.5. The number of nitrogens with one attached hydrogen (secondary N) is 1. The van der Waals surface area contributed by atoms with Gasteiger partial charge < -0.3 is 5.32 Å². The van der Waals surface area contributed by atoms with Crippen LogP contribution >= 0.6 is 0 Å². The van der Waals surface area contributed by atoms with Gasteiger partial charge >= 0.3 is 0 Å². The Morgan fingerprint density at radius 3 is 2.23 bits per heavy atom. The van der Waals surface area contributed by atoms with Crippen LogP contribution in [0.4, 0.5) is 22.0 Å². The molecule has 0 spiro atoms. The van der Waals surface area contributed by atoms with Crippen molar-refractivity contribution in [3.63, 3.8) is 0 Å². The van der Waals surface area contributed by atoms with Gasteiger partial charge in [-0.3, -0.25) is 9.78 Å². The fraction of sp³-hybridized carbons (Fsp3) is 0.333. The van der Waals surface area contributed by atoms with E-state index in [0.29, 0.717) is 12.8 Å². The van der Waals surface area contributed by atoms with Crippen LogP contribution in [0.15, 0.2) is 24.4 Å². The molecule has 1 aromatic carbocycles. The second kappa shape index (κ2) is 7.39. The van der Waals surface area contributed by atoms with Crippen LogP contribution in [0.1, 0.15) is 47.7 Å². The van der Waals surface area contributed by atoms with E-state index in [1.54, 1.807) is 12.1 Å². The van der Waals surface area contributed by atoms with Crippen LogP contribution in [-0.2, 0) is 0 Å². The van der Waals surface area contributed by atoms with E-state index < -0.39 is 52.5 Å². The van der Waals surface area contributed by atoms with E-state index in [9.17, 15) is 26.7 Å². The highest BCUT2D eigenvalue weighted by molar-refractivity contribution is 5.92. The largest absolute Gasteiger partial charge is 0.348 e. The maximum Gasteiger partial charge on any atom is 0.270 e. The van der Waals surface area contributed by atoms with E-state index in [1.807, 2.05) is 0 Å². The summed E-state index contributed by atoms with van der Waals surface area (Å²) in [6.07, 6.45) is 2.83. The molecular weight excluding hydrogens is 355 g/mol. The third kappa shape index (κ3) is 3.40. The summed E-state index contributed by atoms with van der Waals surface area (Å²) in [6.45, 7) is 0. The molecule has 1 amide bonds. The monoisotopic (exact) mass is 370 g/mol. The summed E-state index contributed by atoms with van der Waals surface area (Å²) >= 11 is 0. The predicted molar refractivity (Wildman–Crippen MR) is 82.9 cm³/mol. The molecule has 2 unspecified atom stereocenters. The molecule has 3 nitrogen and oxygen atoms in total. The Kier molecular flexibility index (Phi) is 5.20. The van der Waals surface area contributed by atoms with Crippen molar-refractivity contribution < 1.29 is 26.7 Å². The molecule has 3 rings (SSSR count). The van der Waals surface area contributed by atoms with Gasteiger partial charge in [-0.25, -0.2) is 22.0 Å². The first-order valence-corrected chi connectivity index (χ1v) is 8.13. The van der Waals surface area contributed by atoms with Gasteiger partial charge in [0, 0.05) is 17.8 Å². The standard InChI is InChI=1S/C18H15F5N2O/c19-13-12(14(20)16(22)17(23)15(13)21)9-4-3-5-10(8-9)25-18(26)11-6-1-2-7-24-11/h1-2,6-7,9-10H,3-5,8H2,(H,25,26). The fourth-order valence-corrected chi connectivity index (χ4v) is 3.32. The average Bonchev–Trinajstić information content (AvgIpc) is 2.66. The Labute approximate surface area is 146 Å². The Bertz CT molecular complexity index is 799. The van der Waals surface area contributed by atoms with Crippen LogP contribution < -0.4 is 5.32 Å². The molecule has 8 heteroatoms. The van der Waals surface area contributed by atoms with Crippen molar-refractivity contribution in [1.29, 1.82) is 0 Å². The minimum absolute atomic E-state index is 0.0803. The molecule has 1 aliphatic rings. The molecule has 0 radical (unpaired) electrons. The summed E-state index contributed by atoms with van der Waals surface area (Å²) in [5.41, 5.74) is -0.621. The lowest BCUT2D eigenvalue weighted by Crippen LogP contribution is -2.38. The zero-order valence-corrected chi connectivity index (χ0v) is 13.5. The number of aromatic nitrogens is 1. The SMILES string of the molecule is O=C(NC1CCCC(c2c(F)c(F)c(F)c(F)c2F)C1)c1ccccn1. The molecule has 26 heavy (non-hydrogen) atoms. The number of nitrogens with zero attached hydrogens (tertiary/aromatic N) is 1. The molecule has 1 aliphatic carbocycles. The van der Waals surface area contributed by atoms with Crippen molar-refractivity contribution in [3.05, 3.63) is 64.7 Å². The Morgan fingerprint density at radius 2 is 1.62 bits per heavy atom. The van der Waals surface area contributed by atoms with E-state index in [2.05, 4.69) is 10.3 Å². The van der Waals surface area contributed by atoms with Crippen molar-refractivity contribution in [1.82, 2.24) is 10.3 Å². The first kappa shape index (κ1) is 18.3. The molecule has 1 aromatic heterocycles. The van der Waals surface area contributed by atoms with Crippen LogP contribution in [0, 0.1) is 29.1 Å². The minimum Gasteiger partial charge on any atom is -0.348 e. The number of carbonyl (C=O) groups excluding carboxylic acids is 1. The molecule has 1 fully saturated rings. The number of amides is 1. The van der Waals surface area contributed by atoms with Crippen LogP contribution in [0.2, 0.25) is 0 Å². The van der Waals surface area contributed by atoms with Crippen LogP contribution in [-0.4, -0.2) is 16.9 Å². The Balaban J connectivity index is 1.80. The number of pyridine rings is 1. The lowest BCUT2D eigenvalue weighted by molar-refractivity contribution is 0.0919. The van der Waals surface area contributed by atoms with Crippen molar-refractivity contribution in [2.24, 2.45) is 0 Å². The molecule has 1 heterocycles. The number of benzene rings is 1. The number of hydrogen-bond acceptors (Lipinski definition) is 2. The van der Waals surface area contributed by atoms with Gasteiger partial charge in [-0.15, -0.1) is 0 Å². The van der Waals surface area contributed by atoms with Crippen molar-refractivity contribution >= 4 is 5.91 Å². The third-order valence-corrected chi connectivity index (χ3v) is 4.56. The highest BCUT2D eigenvalue weighted by Crippen LogP contribution is 2.38. The first-order valence-electron chi connectivity index (χ1n) is 8.13. The number of carbonyl (C=O) groups is 1. The van der Waals surface area contributed by atoms with Gasteiger partial charge in [0.25, 0.3) is 5.91 Å². The molecule has 2 aromatic rings. The van der Waals surface area contributed by atoms with Crippen LogP contribution in [0.5, 0.6) is 0 Å². The molecule has 1 N–H and O–H groups in total. The number of halogens is 5. The molecular formula is C18H15F5N2O. The molecule has 138 valence electrons. The normalized spacial score (nSPS) is 20.0. The summed E-state index contributed by atoms with van der Waals surface area (Å²) < 4.78 is 68.2. The summed E-state index contributed by atoms with van der Waals surface area (Å²) in [7, 11) is 0. The molecule has 2 atom stereocenters. The van der Waals surface area contributed by atoms with Crippen LogP contribution in [0.25, 0.3) is 0 Å². The van der Waals surface area contributed by atoms with Gasteiger partial charge in [-0.1, -0.05) is 12.5 Å². The quantitative estimate of drug-likeness (QED) is 0.499. The fourth-order valence-electron chi connectivity index (χ4n) is 3.32. The second-order valence-corrected chi connectivity index (χ2v) is 6.23. The summed E-state index contributed by atoms with van der Waals surface area (Å²) in [6, 6.07) is 4.36. The number of hydrogen-bond donors (Lipinski definition) is 1. The van der Waals surface area contributed by atoms with Crippen molar-refractivity contribution in [2.75, 3.05) is 0 Å². The summed E-state index contributed by atoms with van der Waals surface area (Å²) in [4.78, 5) is 16.1. The maximum atomic E-state index is 14.0.